The van der Waals surface area contributed by atoms with Crippen LogP contribution >= 0.6 is 23.1 Å². The number of nitrogens with two attached hydrogens (primary N) is 1. The molecule has 2 aromatic rings. The first-order valence-corrected chi connectivity index (χ1v) is 8.75. The van der Waals surface area contributed by atoms with E-state index in [1.807, 2.05) is 29.2 Å². The van der Waals surface area contributed by atoms with Gasteiger partial charge in [-0.1, -0.05) is 12.1 Å². The summed E-state index contributed by atoms with van der Waals surface area (Å²) in [6.45, 7) is 2.06. The second-order valence-corrected chi connectivity index (χ2v) is 7.38. The third-order valence-corrected chi connectivity index (χ3v) is 6.06. The zero-order valence-corrected chi connectivity index (χ0v) is 13.4. The van der Waals surface area contributed by atoms with Crippen LogP contribution < -0.4 is 10.5 Å². The van der Waals surface area contributed by atoms with Gasteiger partial charge in [-0.05, 0) is 47.9 Å². The molecular formula is C16H19NOS2. The Labute approximate surface area is 128 Å². The molecule has 0 bridgehead atoms. The summed E-state index contributed by atoms with van der Waals surface area (Å²) in [5, 5.41) is 0. The summed E-state index contributed by atoms with van der Waals surface area (Å²) in [5.74, 6) is 3.30. The Morgan fingerprint density at radius 1 is 1.30 bits per heavy atom. The average molecular weight is 305 g/mol. The lowest BCUT2D eigenvalue weighted by Gasteiger charge is -2.12. The molecule has 0 radical (unpaired) electrons. The Hall–Kier alpha value is -0.970. The molecular weight excluding hydrogens is 286 g/mol. The van der Waals surface area contributed by atoms with Crippen LogP contribution in [0.15, 0.2) is 24.3 Å². The fourth-order valence-electron chi connectivity index (χ4n) is 2.58. The zero-order valence-electron chi connectivity index (χ0n) is 11.8. The topological polar surface area (TPSA) is 35.2 Å². The standard InChI is InChI=1S/C16H19NOS2/c1-10-7-11(3-4-13(10)18-2)16(17)15-8-12-9-19-6-5-14(12)20-15/h3-4,7-8,16H,5-6,9,17H2,1-2H3. The molecule has 2 N–H and O–H groups in total. The molecule has 1 aromatic carbocycles. The minimum Gasteiger partial charge on any atom is -0.496 e. The Bertz CT molecular complexity index is 597. The van der Waals surface area contributed by atoms with Crippen molar-refractivity contribution in [1.82, 2.24) is 0 Å². The van der Waals surface area contributed by atoms with Crippen molar-refractivity contribution in [3.05, 3.63) is 50.7 Å². The third kappa shape index (κ3) is 2.60. The van der Waals surface area contributed by atoms with Gasteiger partial charge in [0.15, 0.2) is 0 Å². The molecule has 0 amide bonds. The van der Waals surface area contributed by atoms with Gasteiger partial charge >= 0.3 is 0 Å². The van der Waals surface area contributed by atoms with Crippen LogP contribution in [0.2, 0.25) is 0 Å². The first-order chi connectivity index (χ1) is 9.69. The Balaban J connectivity index is 1.90. The van der Waals surface area contributed by atoms with Gasteiger partial charge in [-0.25, -0.2) is 0 Å². The fraction of sp³-hybridized carbons (Fsp3) is 0.375. The summed E-state index contributed by atoms with van der Waals surface area (Å²) in [6, 6.07) is 8.49. The van der Waals surface area contributed by atoms with Crippen LogP contribution in [0.1, 0.15) is 32.5 Å². The number of methoxy groups -OCH3 is 1. The highest BCUT2D eigenvalue weighted by Gasteiger charge is 2.18. The molecule has 2 heterocycles. The summed E-state index contributed by atoms with van der Waals surface area (Å²) >= 11 is 3.90. The maximum atomic E-state index is 6.45. The summed E-state index contributed by atoms with van der Waals surface area (Å²) in [7, 11) is 1.70. The lowest BCUT2D eigenvalue weighted by atomic mass is 10.0. The molecule has 1 aliphatic heterocycles. The van der Waals surface area contributed by atoms with Crippen molar-refractivity contribution in [2.45, 2.75) is 25.1 Å². The van der Waals surface area contributed by atoms with E-state index in [-0.39, 0.29) is 6.04 Å². The highest BCUT2D eigenvalue weighted by atomic mass is 32.2. The van der Waals surface area contributed by atoms with Gasteiger partial charge in [0.2, 0.25) is 0 Å². The molecule has 0 spiro atoms. The molecule has 3 rings (SSSR count). The lowest BCUT2D eigenvalue weighted by Crippen LogP contribution is -2.10. The van der Waals surface area contributed by atoms with Crippen LogP contribution in [0.4, 0.5) is 0 Å². The molecule has 20 heavy (non-hydrogen) atoms. The highest BCUT2D eigenvalue weighted by molar-refractivity contribution is 7.98. The van der Waals surface area contributed by atoms with Gasteiger partial charge in [-0.15, -0.1) is 11.3 Å². The first-order valence-electron chi connectivity index (χ1n) is 6.78. The molecule has 2 nitrogen and oxygen atoms in total. The van der Waals surface area contributed by atoms with Crippen molar-refractivity contribution >= 4 is 23.1 Å². The van der Waals surface area contributed by atoms with Crippen molar-refractivity contribution in [2.75, 3.05) is 12.9 Å². The zero-order chi connectivity index (χ0) is 14.1. The minimum absolute atomic E-state index is 0.0276. The molecule has 1 atom stereocenters. The molecule has 0 fully saturated rings. The second-order valence-electron chi connectivity index (χ2n) is 5.11. The summed E-state index contributed by atoms with van der Waals surface area (Å²) in [5.41, 5.74) is 10.2. The van der Waals surface area contributed by atoms with Crippen LogP contribution in [0, 0.1) is 6.92 Å². The molecule has 1 aliphatic rings. The van der Waals surface area contributed by atoms with E-state index >= 15 is 0 Å². The van der Waals surface area contributed by atoms with Crippen LogP contribution in [0.3, 0.4) is 0 Å². The Morgan fingerprint density at radius 2 is 2.15 bits per heavy atom. The van der Waals surface area contributed by atoms with E-state index in [2.05, 4.69) is 25.1 Å². The van der Waals surface area contributed by atoms with Crippen molar-refractivity contribution < 1.29 is 4.74 Å². The number of benzene rings is 1. The second kappa shape index (κ2) is 5.80. The summed E-state index contributed by atoms with van der Waals surface area (Å²) < 4.78 is 5.31. The van der Waals surface area contributed by atoms with Gasteiger partial charge in [-0.3, -0.25) is 0 Å². The number of ether oxygens (including phenoxy) is 1. The summed E-state index contributed by atoms with van der Waals surface area (Å²) in [4.78, 5) is 2.81. The van der Waals surface area contributed by atoms with E-state index in [4.69, 9.17) is 10.5 Å². The monoisotopic (exact) mass is 305 g/mol. The molecule has 106 valence electrons. The van der Waals surface area contributed by atoms with Crippen molar-refractivity contribution in [3.63, 3.8) is 0 Å². The van der Waals surface area contributed by atoms with E-state index < -0.39 is 0 Å². The van der Waals surface area contributed by atoms with Crippen molar-refractivity contribution in [3.8, 4) is 5.75 Å². The first kappa shape index (κ1) is 14.0. The number of hydrogen-bond donors (Lipinski definition) is 1. The third-order valence-electron chi connectivity index (χ3n) is 3.73. The Morgan fingerprint density at radius 3 is 2.85 bits per heavy atom. The SMILES string of the molecule is COc1ccc(C(N)c2cc3c(s2)CCSC3)cc1C. The number of hydrogen-bond acceptors (Lipinski definition) is 4. The maximum Gasteiger partial charge on any atom is 0.121 e. The Kier molecular flexibility index (Phi) is 4.06. The van der Waals surface area contributed by atoms with Gasteiger partial charge in [-0.2, -0.15) is 11.8 Å². The number of thioether (sulfide) groups is 1. The van der Waals surface area contributed by atoms with Crippen LogP contribution in [-0.4, -0.2) is 12.9 Å². The smallest absolute Gasteiger partial charge is 0.121 e. The number of rotatable bonds is 3. The van der Waals surface area contributed by atoms with Crippen molar-refractivity contribution in [2.24, 2.45) is 5.73 Å². The summed E-state index contributed by atoms with van der Waals surface area (Å²) in [6.07, 6.45) is 1.19. The number of thiophene rings is 1. The van der Waals surface area contributed by atoms with E-state index in [1.165, 1.54) is 27.5 Å². The van der Waals surface area contributed by atoms with Crippen LogP contribution in [0.5, 0.6) is 5.75 Å². The van der Waals surface area contributed by atoms with Gasteiger partial charge in [0, 0.05) is 15.5 Å². The normalized spacial score (nSPS) is 15.8. The maximum absolute atomic E-state index is 6.45. The predicted molar refractivity (Wildman–Crippen MR) is 87.9 cm³/mol. The fourth-order valence-corrected chi connectivity index (χ4v) is 4.99. The van der Waals surface area contributed by atoms with Gasteiger partial charge in [0.1, 0.15) is 5.75 Å². The van der Waals surface area contributed by atoms with E-state index in [1.54, 1.807) is 7.11 Å². The molecule has 1 aromatic heterocycles. The van der Waals surface area contributed by atoms with Crippen molar-refractivity contribution in [1.29, 1.82) is 0 Å². The van der Waals surface area contributed by atoms with Crippen LogP contribution in [0.25, 0.3) is 0 Å². The van der Waals surface area contributed by atoms with E-state index in [0.717, 1.165) is 22.6 Å². The molecule has 4 heteroatoms. The van der Waals surface area contributed by atoms with Gasteiger partial charge in [0.05, 0.1) is 13.2 Å². The molecule has 0 aliphatic carbocycles. The highest BCUT2D eigenvalue weighted by Crippen LogP contribution is 2.36. The molecule has 1 unspecified atom stereocenters. The lowest BCUT2D eigenvalue weighted by molar-refractivity contribution is 0.411. The number of aryl methyl sites for hydroxylation is 2. The average Bonchev–Trinajstić information content (AvgIpc) is 2.90. The van der Waals surface area contributed by atoms with Gasteiger partial charge < -0.3 is 10.5 Å². The minimum atomic E-state index is -0.0276. The predicted octanol–water partition coefficient (Wildman–Crippen LogP) is 3.90. The van der Waals surface area contributed by atoms with Crippen LogP contribution in [-0.2, 0) is 12.2 Å². The largest absolute Gasteiger partial charge is 0.496 e. The quantitative estimate of drug-likeness (QED) is 0.934. The molecule has 0 saturated heterocycles. The molecule has 0 saturated carbocycles. The van der Waals surface area contributed by atoms with E-state index in [9.17, 15) is 0 Å². The van der Waals surface area contributed by atoms with Gasteiger partial charge in [0.25, 0.3) is 0 Å². The number of fused-ring (bicyclic) bond motifs is 1. The van der Waals surface area contributed by atoms with E-state index in [0.29, 0.717) is 0 Å².